The average molecular weight is 158 g/mol. The summed E-state index contributed by atoms with van der Waals surface area (Å²) in [6.07, 6.45) is 1.30. The molecule has 0 saturated carbocycles. The minimum absolute atomic E-state index is 0.768. The smallest absolute Gasteiger partial charge is 0.0196 e. The highest BCUT2D eigenvalue weighted by Gasteiger charge is 2.33. The first kappa shape index (κ1) is 6.67. The van der Waals surface area contributed by atoms with Crippen LogP contribution in [0, 0.1) is 5.92 Å². The summed E-state index contributed by atoms with van der Waals surface area (Å²) < 4.78 is 0. The van der Waals surface area contributed by atoms with Crippen molar-refractivity contribution in [1.29, 1.82) is 0 Å². The fourth-order valence-corrected chi connectivity index (χ4v) is 2.44. The average Bonchev–Trinajstić information content (AvgIpc) is 2.41. The minimum Gasteiger partial charge on any atom is -0.315 e. The van der Waals surface area contributed by atoms with Gasteiger partial charge in [0.2, 0.25) is 0 Å². The van der Waals surface area contributed by atoms with Gasteiger partial charge in [-0.05, 0) is 23.5 Å². The van der Waals surface area contributed by atoms with E-state index in [0.717, 1.165) is 12.5 Å². The first-order chi connectivity index (χ1) is 5.95. The summed E-state index contributed by atoms with van der Waals surface area (Å²) in [4.78, 5) is 0. The lowest BCUT2D eigenvalue weighted by Crippen LogP contribution is -2.29. The highest BCUT2D eigenvalue weighted by atomic mass is 14.9. The van der Waals surface area contributed by atoms with Crippen LogP contribution >= 0.6 is 0 Å². The molecule has 1 heterocycles. The van der Waals surface area contributed by atoms with Crippen LogP contribution in [0.1, 0.15) is 23.5 Å². The van der Waals surface area contributed by atoms with Gasteiger partial charge in [0, 0.05) is 19.0 Å². The SMILES string of the molecule is c1ccc2c(c1)[C]1CNCC2C1. The van der Waals surface area contributed by atoms with Gasteiger partial charge in [0.15, 0.2) is 0 Å². The van der Waals surface area contributed by atoms with Crippen LogP contribution in [0.3, 0.4) is 0 Å². The molecule has 1 aromatic rings. The van der Waals surface area contributed by atoms with E-state index in [0.29, 0.717) is 0 Å². The van der Waals surface area contributed by atoms with Gasteiger partial charge in [0.05, 0.1) is 0 Å². The van der Waals surface area contributed by atoms with Gasteiger partial charge in [-0.1, -0.05) is 24.3 Å². The number of hydrogen-bond acceptors (Lipinski definition) is 1. The zero-order chi connectivity index (χ0) is 7.97. The Balaban J connectivity index is 2.16. The Morgan fingerprint density at radius 2 is 2.17 bits per heavy atom. The van der Waals surface area contributed by atoms with Gasteiger partial charge in [0.25, 0.3) is 0 Å². The van der Waals surface area contributed by atoms with Crippen LogP contribution < -0.4 is 5.32 Å². The first-order valence-electron chi connectivity index (χ1n) is 4.60. The minimum atomic E-state index is 0.768. The van der Waals surface area contributed by atoms with Crippen LogP contribution in [-0.4, -0.2) is 13.1 Å². The molecule has 1 aliphatic carbocycles. The summed E-state index contributed by atoms with van der Waals surface area (Å²) in [6.45, 7) is 2.27. The summed E-state index contributed by atoms with van der Waals surface area (Å²) >= 11 is 0. The Labute approximate surface area is 72.8 Å². The number of rotatable bonds is 0. The molecule has 2 bridgehead atoms. The Bertz CT molecular complexity index is 277. The third-order valence-corrected chi connectivity index (χ3v) is 3.00. The number of hydrogen-bond donors (Lipinski definition) is 1. The molecule has 1 saturated heterocycles. The normalized spacial score (nSPS) is 27.2. The van der Waals surface area contributed by atoms with Crippen molar-refractivity contribution >= 4 is 0 Å². The van der Waals surface area contributed by atoms with Crippen LogP contribution in [0.2, 0.25) is 0 Å². The zero-order valence-corrected chi connectivity index (χ0v) is 7.01. The largest absolute Gasteiger partial charge is 0.315 e. The van der Waals surface area contributed by atoms with Gasteiger partial charge in [-0.25, -0.2) is 0 Å². The lowest BCUT2D eigenvalue weighted by Gasteiger charge is -2.19. The third-order valence-electron chi connectivity index (χ3n) is 3.00. The van der Waals surface area contributed by atoms with Crippen LogP contribution in [0.25, 0.3) is 0 Å². The molecule has 2 aliphatic rings. The van der Waals surface area contributed by atoms with Gasteiger partial charge >= 0.3 is 0 Å². The van der Waals surface area contributed by atoms with Gasteiger partial charge in [-0.2, -0.15) is 0 Å². The molecule has 1 atom stereocenters. The van der Waals surface area contributed by atoms with Crippen molar-refractivity contribution in [3.05, 3.63) is 41.3 Å². The predicted molar refractivity (Wildman–Crippen MR) is 49.0 cm³/mol. The van der Waals surface area contributed by atoms with Crippen LogP contribution in [0.4, 0.5) is 0 Å². The van der Waals surface area contributed by atoms with Crippen molar-refractivity contribution in [3.8, 4) is 0 Å². The maximum atomic E-state index is 3.46. The fraction of sp³-hybridized carbons (Fsp3) is 0.364. The molecular formula is C11H12N. The van der Waals surface area contributed by atoms with E-state index < -0.39 is 0 Å². The molecule has 0 spiro atoms. The van der Waals surface area contributed by atoms with E-state index in [1.165, 1.54) is 18.5 Å². The molecule has 1 nitrogen and oxygen atoms in total. The van der Waals surface area contributed by atoms with E-state index in [-0.39, 0.29) is 0 Å². The van der Waals surface area contributed by atoms with Crippen molar-refractivity contribution in [2.24, 2.45) is 0 Å². The lowest BCUT2D eigenvalue weighted by molar-refractivity contribution is 0.535. The van der Waals surface area contributed by atoms with Gasteiger partial charge in [0.1, 0.15) is 0 Å². The lowest BCUT2D eigenvalue weighted by atomic mass is 9.98. The number of nitrogens with one attached hydrogen (secondary N) is 1. The molecule has 0 aromatic heterocycles. The molecular weight excluding hydrogens is 146 g/mol. The van der Waals surface area contributed by atoms with Crippen molar-refractivity contribution in [3.63, 3.8) is 0 Å². The highest BCUT2D eigenvalue weighted by Crippen LogP contribution is 2.42. The quantitative estimate of drug-likeness (QED) is 0.606. The Kier molecular flexibility index (Phi) is 1.30. The summed E-state index contributed by atoms with van der Waals surface area (Å²) in [5.74, 6) is 2.38. The Morgan fingerprint density at radius 1 is 1.25 bits per heavy atom. The zero-order valence-electron chi connectivity index (χ0n) is 7.01. The molecule has 1 radical (unpaired) electrons. The Morgan fingerprint density at radius 3 is 3.17 bits per heavy atom. The van der Waals surface area contributed by atoms with E-state index in [2.05, 4.69) is 29.6 Å². The molecule has 1 fully saturated rings. The number of piperidine rings is 1. The molecule has 3 rings (SSSR count). The topological polar surface area (TPSA) is 12.0 Å². The molecule has 12 heavy (non-hydrogen) atoms. The van der Waals surface area contributed by atoms with Crippen molar-refractivity contribution in [2.75, 3.05) is 13.1 Å². The van der Waals surface area contributed by atoms with E-state index in [9.17, 15) is 0 Å². The molecule has 1 unspecified atom stereocenters. The maximum absolute atomic E-state index is 3.46. The number of benzene rings is 1. The van der Waals surface area contributed by atoms with Crippen LogP contribution in [0.5, 0.6) is 0 Å². The second-order valence-electron chi connectivity index (χ2n) is 3.72. The standard InChI is InChI=1S/C11H12N/c1-2-4-11-9-5-8(6-12-7-9)10(11)3-1/h1-4,8,12H,5-7H2. The molecule has 1 heteroatoms. The molecule has 1 aliphatic heterocycles. The van der Waals surface area contributed by atoms with E-state index in [1.807, 2.05) is 0 Å². The predicted octanol–water partition coefficient (Wildman–Crippen LogP) is 1.70. The maximum Gasteiger partial charge on any atom is 0.0196 e. The van der Waals surface area contributed by atoms with Crippen molar-refractivity contribution < 1.29 is 0 Å². The summed E-state index contributed by atoms with van der Waals surface area (Å²) in [5.41, 5.74) is 3.09. The van der Waals surface area contributed by atoms with Crippen molar-refractivity contribution in [2.45, 2.75) is 12.3 Å². The first-order valence-corrected chi connectivity index (χ1v) is 4.60. The van der Waals surface area contributed by atoms with E-state index >= 15 is 0 Å². The summed E-state index contributed by atoms with van der Waals surface area (Å²) in [7, 11) is 0. The van der Waals surface area contributed by atoms with Crippen molar-refractivity contribution in [1.82, 2.24) is 5.32 Å². The van der Waals surface area contributed by atoms with Gasteiger partial charge < -0.3 is 5.32 Å². The monoisotopic (exact) mass is 158 g/mol. The van der Waals surface area contributed by atoms with Gasteiger partial charge in [-0.3, -0.25) is 0 Å². The molecule has 61 valence electrons. The Hall–Kier alpha value is -0.820. The van der Waals surface area contributed by atoms with Crippen LogP contribution in [0.15, 0.2) is 24.3 Å². The second-order valence-corrected chi connectivity index (χ2v) is 3.72. The summed E-state index contributed by atoms with van der Waals surface area (Å²) in [6, 6.07) is 8.84. The van der Waals surface area contributed by atoms with Gasteiger partial charge in [-0.15, -0.1) is 0 Å². The second kappa shape index (κ2) is 2.33. The molecule has 1 aromatic carbocycles. The van der Waals surface area contributed by atoms with E-state index in [1.54, 1.807) is 11.5 Å². The summed E-state index contributed by atoms with van der Waals surface area (Å²) in [5, 5.41) is 3.46. The molecule has 0 amide bonds. The van der Waals surface area contributed by atoms with Crippen LogP contribution in [-0.2, 0) is 0 Å². The van der Waals surface area contributed by atoms with E-state index in [4.69, 9.17) is 0 Å². The third kappa shape index (κ3) is 0.774. The fourth-order valence-electron chi connectivity index (χ4n) is 2.44. The highest BCUT2D eigenvalue weighted by molar-refractivity contribution is 5.48. The number of fused-ring (bicyclic) bond motifs is 5. The molecule has 1 N–H and O–H groups in total.